The maximum absolute atomic E-state index is 13.3. The first kappa shape index (κ1) is 35.6. The molecule has 0 fully saturated rings. The van der Waals surface area contributed by atoms with Gasteiger partial charge in [0.25, 0.3) is 17.0 Å². The maximum Gasteiger partial charge on any atom is 0.332 e. The van der Waals surface area contributed by atoms with Crippen molar-refractivity contribution in [3.8, 4) is 23.6 Å². The SMILES string of the molecule is COCc1cc(C)n(CC(=O)NN=Cc2ccc(Oc3nc4c(c(=O)n(C)c(=O)n4C)n3Cc3ccc(Cl)cc3Cl)c(OC)c2)c(=O)c1C#N. The van der Waals surface area contributed by atoms with E-state index in [2.05, 4.69) is 15.5 Å². The largest absolute Gasteiger partial charge is 0.493 e. The number of nitrogens with one attached hydrogen (secondary N) is 1. The Morgan fingerprint density at radius 2 is 1.76 bits per heavy atom. The van der Waals surface area contributed by atoms with Gasteiger partial charge in [0.2, 0.25) is 0 Å². The number of hydrazone groups is 1. The number of halogens is 2. The maximum atomic E-state index is 13.3. The Labute approximate surface area is 294 Å². The van der Waals surface area contributed by atoms with Crippen molar-refractivity contribution in [1.29, 1.82) is 5.26 Å². The third-order valence-corrected chi connectivity index (χ3v) is 8.34. The van der Waals surface area contributed by atoms with Crippen LogP contribution in [-0.4, -0.2) is 49.6 Å². The van der Waals surface area contributed by atoms with Crippen LogP contribution in [0.3, 0.4) is 0 Å². The normalized spacial score (nSPS) is 11.2. The van der Waals surface area contributed by atoms with Crippen LogP contribution in [0, 0.1) is 18.3 Å². The first-order chi connectivity index (χ1) is 23.9. The predicted octanol–water partition coefficient (Wildman–Crippen LogP) is 3.23. The van der Waals surface area contributed by atoms with Crippen LogP contribution in [-0.2, 0) is 43.3 Å². The lowest BCUT2D eigenvalue weighted by molar-refractivity contribution is -0.121. The van der Waals surface area contributed by atoms with Crippen molar-refractivity contribution in [1.82, 2.24) is 28.7 Å². The second kappa shape index (κ2) is 14.8. The highest BCUT2D eigenvalue weighted by atomic mass is 35.5. The van der Waals surface area contributed by atoms with E-state index in [1.807, 2.05) is 6.07 Å². The fourth-order valence-corrected chi connectivity index (χ4v) is 5.66. The minimum Gasteiger partial charge on any atom is -0.493 e. The summed E-state index contributed by atoms with van der Waals surface area (Å²) >= 11 is 12.5. The van der Waals surface area contributed by atoms with Gasteiger partial charge in [-0.2, -0.15) is 15.3 Å². The van der Waals surface area contributed by atoms with Gasteiger partial charge in [-0.25, -0.2) is 10.2 Å². The van der Waals surface area contributed by atoms with E-state index in [1.165, 1.54) is 48.2 Å². The first-order valence-electron chi connectivity index (χ1n) is 14.8. The molecule has 2 aromatic carbocycles. The number of nitrogens with zero attached hydrogens (tertiary/aromatic N) is 7. The fraction of sp³-hybridized carbons (Fsp3) is 0.242. The number of fused-ring (bicyclic) bond motifs is 1. The molecule has 0 aliphatic rings. The Balaban J connectivity index is 1.41. The number of aryl methyl sites for hydroxylation is 2. The van der Waals surface area contributed by atoms with Gasteiger partial charge >= 0.3 is 11.7 Å². The Bertz CT molecular complexity index is 2400. The Hall–Kier alpha value is -5.69. The van der Waals surface area contributed by atoms with Crippen LogP contribution >= 0.6 is 23.2 Å². The number of carbonyl (C=O) groups is 1. The molecule has 3 heterocycles. The monoisotopic (exact) mass is 720 g/mol. The van der Waals surface area contributed by atoms with E-state index in [-0.39, 0.29) is 53.9 Å². The van der Waals surface area contributed by atoms with E-state index in [0.717, 1.165) is 4.57 Å². The summed E-state index contributed by atoms with van der Waals surface area (Å²) in [5, 5.41) is 14.2. The van der Waals surface area contributed by atoms with E-state index < -0.39 is 22.7 Å². The first-order valence-corrected chi connectivity index (χ1v) is 15.5. The molecule has 0 atom stereocenters. The molecule has 0 saturated heterocycles. The molecule has 0 bridgehead atoms. The van der Waals surface area contributed by atoms with Crippen LogP contribution < -0.4 is 31.7 Å². The molecule has 1 N–H and O–H groups in total. The topological polar surface area (TPSA) is 177 Å². The third kappa shape index (κ3) is 7.03. The van der Waals surface area contributed by atoms with Crippen molar-refractivity contribution in [2.75, 3.05) is 14.2 Å². The zero-order valence-electron chi connectivity index (χ0n) is 27.5. The van der Waals surface area contributed by atoms with Gasteiger partial charge in [0.05, 0.1) is 26.5 Å². The number of imidazole rings is 1. The van der Waals surface area contributed by atoms with Crippen LogP contribution in [0.1, 0.15) is 27.9 Å². The van der Waals surface area contributed by atoms with E-state index in [4.69, 9.17) is 37.4 Å². The van der Waals surface area contributed by atoms with Gasteiger partial charge < -0.3 is 18.8 Å². The Morgan fingerprint density at radius 3 is 2.44 bits per heavy atom. The molecule has 0 saturated carbocycles. The van der Waals surface area contributed by atoms with Gasteiger partial charge in [-0.3, -0.25) is 28.1 Å². The Kier molecular flexibility index (Phi) is 10.6. The number of hydrogen-bond acceptors (Lipinski definition) is 10. The second-order valence-electron chi connectivity index (χ2n) is 11.0. The second-order valence-corrected chi connectivity index (χ2v) is 11.9. The molecule has 50 heavy (non-hydrogen) atoms. The van der Waals surface area contributed by atoms with E-state index >= 15 is 0 Å². The highest BCUT2D eigenvalue weighted by Crippen LogP contribution is 2.34. The van der Waals surface area contributed by atoms with Crippen LogP contribution in [0.5, 0.6) is 17.5 Å². The number of rotatable bonds is 11. The summed E-state index contributed by atoms with van der Waals surface area (Å²) in [6, 6.07) is 13.2. The molecule has 0 spiro atoms. The molecule has 0 aliphatic heterocycles. The molecule has 0 radical (unpaired) electrons. The number of ether oxygens (including phenoxy) is 3. The molecule has 5 aromatic rings. The average Bonchev–Trinajstić information content (AvgIpc) is 3.44. The predicted molar refractivity (Wildman–Crippen MR) is 185 cm³/mol. The van der Waals surface area contributed by atoms with Gasteiger partial charge in [-0.1, -0.05) is 29.3 Å². The minimum atomic E-state index is -0.605. The van der Waals surface area contributed by atoms with Crippen molar-refractivity contribution in [2.24, 2.45) is 19.2 Å². The summed E-state index contributed by atoms with van der Waals surface area (Å²) in [4.78, 5) is 56.0. The molecule has 15 nitrogen and oxygen atoms in total. The molecule has 0 aliphatic carbocycles. The van der Waals surface area contributed by atoms with Gasteiger partial charge in [-0.05, 0) is 54.4 Å². The lowest BCUT2D eigenvalue weighted by Crippen LogP contribution is -2.37. The number of nitriles is 1. The van der Waals surface area contributed by atoms with Gasteiger partial charge in [-0.15, -0.1) is 0 Å². The third-order valence-electron chi connectivity index (χ3n) is 7.75. The van der Waals surface area contributed by atoms with E-state index in [0.29, 0.717) is 32.4 Å². The molecular weight excluding hydrogens is 691 g/mol. The average molecular weight is 722 g/mol. The summed E-state index contributed by atoms with van der Waals surface area (Å²) in [7, 11) is 5.75. The molecule has 5 rings (SSSR count). The summed E-state index contributed by atoms with van der Waals surface area (Å²) in [5.41, 5.74) is 2.79. The van der Waals surface area contributed by atoms with Crippen molar-refractivity contribution in [3.63, 3.8) is 0 Å². The number of methoxy groups -OCH3 is 2. The summed E-state index contributed by atoms with van der Waals surface area (Å²) in [6.07, 6.45) is 1.36. The summed E-state index contributed by atoms with van der Waals surface area (Å²) < 4.78 is 21.7. The lowest BCUT2D eigenvalue weighted by atomic mass is 10.1. The summed E-state index contributed by atoms with van der Waals surface area (Å²) in [6.45, 7) is 1.43. The van der Waals surface area contributed by atoms with Crippen LogP contribution in [0.4, 0.5) is 0 Å². The number of amides is 1. The summed E-state index contributed by atoms with van der Waals surface area (Å²) in [5.74, 6) is -0.121. The smallest absolute Gasteiger partial charge is 0.332 e. The van der Waals surface area contributed by atoms with Crippen molar-refractivity contribution in [2.45, 2.75) is 26.6 Å². The van der Waals surface area contributed by atoms with E-state index in [1.54, 1.807) is 49.4 Å². The molecule has 3 aromatic heterocycles. The van der Waals surface area contributed by atoms with Crippen LogP contribution in [0.15, 0.2) is 61.9 Å². The Morgan fingerprint density at radius 1 is 1.00 bits per heavy atom. The number of pyridine rings is 1. The van der Waals surface area contributed by atoms with Gasteiger partial charge in [0.15, 0.2) is 22.7 Å². The van der Waals surface area contributed by atoms with Gasteiger partial charge in [0.1, 0.15) is 18.2 Å². The zero-order valence-corrected chi connectivity index (χ0v) is 29.0. The highest BCUT2D eigenvalue weighted by molar-refractivity contribution is 6.35. The highest BCUT2D eigenvalue weighted by Gasteiger charge is 2.23. The number of aromatic nitrogens is 5. The number of carbonyl (C=O) groups excluding carboxylic acids is 1. The molecule has 0 unspecified atom stereocenters. The molecular formula is C33H30Cl2N8O7. The minimum absolute atomic E-state index is 0.0170. The van der Waals surface area contributed by atoms with Crippen molar-refractivity contribution < 1.29 is 19.0 Å². The molecule has 1 amide bonds. The van der Waals surface area contributed by atoms with Crippen molar-refractivity contribution >= 4 is 46.5 Å². The van der Waals surface area contributed by atoms with Crippen LogP contribution in [0.2, 0.25) is 10.0 Å². The number of hydrogen-bond donors (Lipinski definition) is 1. The van der Waals surface area contributed by atoms with Crippen LogP contribution in [0.25, 0.3) is 11.2 Å². The zero-order chi connectivity index (χ0) is 36.3. The number of benzene rings is 2. The quantitative estimate of drug-likeness (QED) is 0.159. The lowest BCUT2D eigenvalue weighted by Gasteiger charge is -2.13. The van der Waals surface area contributed by atoms with Gasteiger partial charge in [0, 0.05) is 42.5 Å². The molecule has 258 valence electrons. The van der Waals surface area contributed by atoms with Crippen molar-refractivity contribution in [3.05, 3.63) is 112 Å². The molecule has 17 heteroatoms. The van der Waals surface area contributed by atoms with E-state index in [9.17, 15) is 24.4 Å². The fourth-order valence-electron chi connectivity index (χ4n) is 5.20. The standard InChI is InChI=1S/C33H30Cl2N8O7/c1-18-10-21(17-48-4)23(13-36)30(45)42(18)16-27(44)39-37-14-19-6-9-25(26(11-19)49-5)50-32-38-29-28(31(46)41(3)33(47)40(29)2)43(32)15-20-7-8-22(34)12-24(20)35/h6-12,14H,15-17H2,1-5H3,(H,39,44).